The Bertz CT molecular complexity index is 1160. The maximum absolute atomic E-state index is 12.6. The summed E-state index contributed by atoms with van der Waals surface area (Å²) in [6, 6.07) is 9.34. The van der Waals surface area contributed by atoms with Gasteiger partial charge in [0.05, 0.1) is 24.8 Å². The van der Waals surface area contributed by atoms with Gasteiger partial charge in [-0.15, -0.1) is 22.7 Å². The number of aryl methyl sites for hydroxylation is 1. The van der Waals surface area contributed by atoms with Crippen LogP contribution in [-0.4, -0.2) is 30.2 Å². The van der Waals surface area contributed by atoms with E-state index in [0.29, 0.717) is 38.7 Å². The molecule has 7 nitrogen and oxygen atoms in total. The summed E-state index contributed by atoms with van der Waals surface area (Å²) < 4.78 is 21.5. The lowest BCUT2D eigenvalue weighted by atomic mass is 10.2. The van der Waals surface area contributed by atoms with Gasteiger partial charge >= 0.3 is 5.97 Å². The first-order valence-electron chi connectivity index (χ1n) is 8.94. The van der Waals surface area contributed by atoms with E-state index in [1.807, 2.05) is 29.6 Å². The van der Waals surface area contributed by atoms with E-state index >= 15 is 0 Å². The van der Waals surface area contributed by atoms with Crippen molar-refractivity contribution in [2.45, 2.75) is 13.5 Å². The Morgan fingerprint density at radius 2 is 1.97 bits per heavy atom. The van der Waals surface area contributed by atoms with Crippen LogP contribution in [0.2, 0.25) is 0 Å². The van der Waals surface area contributed by atoms with Crippen LogP contribution >= 0.6 is 22.7 Å². The summed E-state index contributed by atoms with van der Waals surface area (Å²) in [4.78, 5) is 22.8. The average molecular weight is 443 g/mol. The van der Waals surface area contributed by atoms with Gasteiger partial charge in [-0.25, -0.2) is 14.8 Å². The van der Waals surface area contributed by atoms with Crippen molar-refractivity contribution in [3.63, 3.8) is 0 Å². The smallest absolute Gasteiger partial charge is 0.350 e. The number of nitrogens with zero attached hydrogens (tertiary/aromatic N) is 2. The Hall–Kier alpha value is -3.17. The summed E-state index contributed by atoms with van der Waals surface area (Å²) in [5.41, 5.74) is 1.99. The van der Waals surface area contributed by atoms with Crippen LogP contribution in [-0.2, 0) is 11.3 Å². The van der Waals surface area contributed by atoms with Gasteiger partial charge in [0.25, 0.3) is 0 Å². The van der Waals surface area contributed by atoms with Crippen molar-refractivity contribution in [1.82, 2.24) is 9.97 Å². The molecule has 0 amide bonds. The Morgan fingerprint density at radius 3 is 2.70 bits per heavy atom. The molecule has 0 aliphatic carbocycles. The first-order chi connectivity index (χ1) is 14.6. The Kier molecular flexibility index (Phi) is 5.82. The molecule has 0 bridgehead atoms. The lowest BCUT2D eigenvalue weighted by Crippen LogP contribution is -2.05. The van der Waals surface area contributed by atoms with Crippen LogP contribution in [0.25, 0.3) is 21.3 Å². The van der Waals surface area contributed by atoms with Crippen LogP contribution in [0.3, 0.4) is 0 Å². The molecule has 0 saturated heterocycles. The van der Waals surface area contributed by atoms with Crippen LogP contribution in [0, 0.1) is 6.92 Å². The third kappa shape index (κ3) is 4.07. The fraction of sp³-hybridized carbons (Fsp3) is 0.190. The van der Waals surface area contributed by atoms with Gasteiger partial charge in [-0.05, 0) is 36.6 Å². The second kappa shape index (κ2) is 8.68. The quantitative estimate of drug-likeness (QED) is 0.363. The first-order valence-corrected chi connectivity index (χ1v) is 10.6. The fourth-order valence-electron chi connectivity index (χ4n) is 2.77. The van der Waals surface area contributed by atoms with Crippen LogP contribution < -0.4 is 9.47 Å². The highest BCUT2D eigenvalue weighted by molar-refractivity contribution is 7.17. The number of thiazole rings is 1. The maximum atomic E-state index is 12.6. The van der Waals surface area contributed by atoms with Crippen molar-refractivity contribution >= 4 is 28.6 Å². The zero-order valence-corrected chi connectivity index (χ0v) is 18.1. The molecule has 3 heterocycles. The predicted octanol–water partition coefficient (Wildman–Crippen LogP) is 5.21. The van der Waals surface area contributed by atoms with Gasteiger partial charge in [-0.2, -0.15) is 0 Å². The second-order valence-corrected chi connectivity index (χ2v) is 8.15. The number of esters is 1. The highest BCUT2D eigenvalue weighted by atomic mass is 32.1. The van der Waals surface area contributed by atoms with E-state index in [0.717, 1.165) is 10.4 Å². The van der Waals surface area contributed by atoms with Crippen molar-refractivity contribution in [2.75, 3.05) is 14.2 Å². The molecule has 154 valence electrons. The Labute approximate surface area is 180 Å². The summed E-state index contributed by atoms with van der Waals surface area (Å²) >= 11 is 2.80. The fourth-order valence-corrected chi connectivity index (χ4v) is 4.38. The van der Waals surface area contributed by atoms with Crippen LogP contribution in [0.4, 0.5) is 0 Å². The molecule has 0 radical (unpaired) electrons. The van der Waals surface area contributed by atoms with Gasteiger partial charge in [0.1, 0.15) is 28.4 Å². The van der Waals surface area contributed by atoms with Crippen molar-refractivity contribution in [3.05, 3.63) is 58.2 Å². The number of aromatic nitrogens is 2. The first kappa shape index (κ1) is 20.1. The van der Waals surface area contributed by atoms with Crippen LogP contribution in [0.1, 0.15) is 21.1 Å². The number of carbonyl (C=O) groups excluding carboxylic acids is 1. The van der Waals surface area contributed by atoms with E-state index in [-0.39, 0.29) is 6.61 Å². The zero-order chi connectivity index (χ0) is 21.1. The molecule has 30 heavy (non-hydrogen) atoms. The molecule has 0 spiro atoms. The number of rotatable bonds is 7. The summed E-state index contributed by atoms with van der Waals surface area (Å²) in [6.07, 6.45) is 1.50. The number of benzene rings is 1. The van der Waals surface area contributed by atoms with E-state index in [2.05, 4.69) is 9.97 Å². The minimum Gasteiger partial charge on any atom is -0.493 e. The molecular weight excluding hydrogens is 424 g/mol. The van der Waals surface area contributed by atoms with Gasteiger partial charge in [0.15, 0.2) is 11.5 Å². The molecule has 0 aliphatic rings. The lowest BCUT2D eigenvalue weighted by Gasteiger charge is -2.08. The highest BCUT2D eigenvalue weighted by Gasteiger charge is 2.19. The van der Waals surface area contributed by atoms with Gasteiger partial charge in [0, 0.05) is 5.56 Å². The molecule has 3 aromatic heterocycles. The minimum absolute atomic E-state index is 0.0245. The van der Waals surface area contributed by atoms with E-state index in [1.54, 1.807) is 27.2 Å². The zero-order valence-electron chi connectivity index (χ0n) is 16.5. The molecule has 9 heteroatoms. The Balaban J connectivity index is 1.47. The minimum atomic E-state index is -0.447. The molecule has 0 fully saturated rings. The Morgan fingerprint density at radius 1 is 1.13 bits per heavy atom. The van der Waals surface area contributed by atoms with Crippen molar-refractivity contribution < 1.29 is 23.4 Å². The molecule has 4 rings (SSSR count). The van der Waals surface area contributed by atoms with E-state index < -0.39 is 5.97 Å². The average Bonchev–Trinajstić information content (AvgIpc) is 3.51. The molecule has 0 atom stereocenters. The van der Waals surface area contributed by atoms with Crippen LogP contribution in [0.5, 0.6) is 11.5 Å². The van der Waals surface area contributed by atoms with Crippen molar-refractivity contribution in [3.8, 4) is 32.8 Å². The highest BCUT2D eigenvalue weighted by Crippen LogP contribution is 2.35. The van der Waals surface area contributed by atoms with Crippen LogP contribution in [0.15, 0.2) is 46.4 Å². The monoisotopic (exact) mass is 442 g/mol. The molecular formula is C21H18N2O5S2. The molecule has 1 aromatic carbocycles. The molecule has 0 unspecified atom stereocenters. The number of hydrogen-bond acceptors (Lipinski definition) is 9. The maximum Gasteiger partial charge on any atom is 0.350 e. The summed E-state index contributed by atoms with van der Waals surface area (Å²) in [5.74, 6) is 1.29. The van der Waals surface area contributed by atoms with Gasteiger partial charge in [-0.1, -0.05) is 6.07 Å². The normalized spacial score (nSPS) is 10.8. The van der Waals surface area contributed by atoms with Gasteiger partial charge in [-0.3, -0.25) is 0 Å². The number of thiophene rings is 1. The number of ether oxygens (including phenoxy) is 3. The molecule has 0 aliphatic heterocycles. The third-order valence-corrected chi connectivity index (χ3v) is 6.29. The van der Waals surface area contributed by atoms with Crippen molar-refractivity contribution in [1.29, 1.82) is 0 Å². The molecule has 4 aromatic rings. The van der Waals surface area contributed by atoms with E-state index in [4.69, 9.17) is 18.6 Å². The number of hydrogen-bond donors (Lipinski definition) is 0. The summed E-state index contributed by atoms with van der Waals surface area (Å²) in [5, 5.41) is 2.64. The van der Waals surface area contributed by atoms with Gasteiger partial charge in [0.2, 0.25) is 5.89 Å². The number of methoxy groups -OCH3 is 2. The largest absolute Gasteiger partial charge is 0.493 e. The summed E-state index contributed by atoms with van der Waals surface area (Å²) in [6.45, 7) is 1.80. The SMILES string of the molecule is COc1ccc(-c2nc(C)c(C(=O)OCc3coc(-c4cccs4)n3)s2)cc1OC. The number of carbonyl (C=O) groups is 1. The van der Waals surface area contributed by atoms with E-state index in [9.17, 15) is 4.79 Å². The van der Waals surface area contributed by atoms with E-state index in [1.165, 1.54) is 28.9 Å². The van der Waals surface area contributed by atoms with Crippen molar-refractivity contribution in [2.24, 2.45) is 0 Å². The van der Waals surface area contributed by atoms with Gasteiger partial charge < -0.3 is 18.6 Å². The third-order valence-electron chi connectivity index (χ3n) is 4.25. The molecule has 0 N–H and O–H groups in total. The number of oxazole rings is 1. The lowest BCUT2D eigenvalue weighted by molar-refractivity contribution is 0.0472. The topological polar surface area (TPSA) is 83.7 Å². The summed E-state index contributed by atoms with van der Waals surface area (Å²) in [7, 11) is 3.16. The predicted molar refractivity (Wildman–Crippen MR) is 114 cm³/mol. The second-order valence-electron chi connectivity index (χ2n) is 6.20. The molecule has 0 saturated carbocycles. The standard InChI is InChI=1S/C21H18N2O5S2/c1-12-18(30-20(22-12)13-6-7-15(25-2)16(9-13)26-3)21(24)28-11-14-10-27-19(23-14)17-5-4-8-29-17/h4-10H,11H2,1-3H3.